The van der Waals surface area contributed by atoms with Gasteiger partial charge in [-0.25, -0.2) is 14.8 Å². The normalized spacial score (nSPS) is 13.9. The molecule has 1 aliphatic rings. The molecule has 1 aliphatic heterocycles. The van der Waals surface area contributed by atoms with E-state index in [1.807, 2.05) is 0 Å². The average Bonchev–Trinajstić information content (AvgIpc) is 2.26. The number of anilines is 1. The van der Waals surface area contributed by atoms with Crippen molar-refractivity contribution in [2.45, 2.75) is 6.42 Å². The molecule has 2 aromatic rings. The summed E-state index contributed by atoms with van der Waals surface area (Å²) in [6.07, 6.45) is 4.10. The summed E-state index contributed by atoms with van der Waals surface area (Å²) in [5.41, 5.74) is 0.685. The minimum atomic E-state index is -0.994. The van der Waals surface area contributed by atoms with Crippen LogP contribution in [0.5, 0.6) is 0 Å². The van der Waals surface area contributed by atoms with Gasteiger partial charge in [0.05, 0.1) is 5.56 Å². The van der Waals surface area contributed by atoms with Crippen molar-refractivity contribution in [2.24, 2.45) is 0 Å². The molecule has 0 unspecified atom stereocenters. The number of carbonyl (C=O) groups is 1. The third-order valence-corrected chi connectivity index (χ3v) is 2.81. The zero-order chi connectivity index (χ0) is 11.8. The number of aromatic carboxylic acids is 1. The van der Waals surface area contributed by atoms with Crippen LogP contribution in [0.2, 0.25) is 0 Å². The van der Waals surface area contributed by atoms with E-state index < -0.39 is 5.97 Å². The Bertz CT molecular complexity index is 601. The second-order valence-electron chi connectivity index (χ2n) is 3.95. The van der Waals surface area contributed by atoms with E-state index in [4.69, 9.17) is 5.11 Å². The monoisotopic (exact) mass is 237 g/mol. The Morgan fingerprint density at radius 3 is 2.67 bits per heavy atom. The van der Waals surface area contributed by atoms with Crippen LogP contribution in [0.3, 0.4) is 0 Å². The van der Waals surface area contributed by atoms with Crippen LogP contribution in [0.15, 0.2) is 18.5 Å². The first-order chi connectivity index (χ1) is 8.24. The van der Waals surface area contributed by atoms with E-state index >= 15 is 0 Å². The first-order valence-corrected chi connectivity index (χ1v) is 5.35. The Morgan fingerprint density at radius 2 is 2.06 bits per heavy atom. The molecular formula is C11H10LiN4O2. The molecule has 0 spiro atoms. The molecule has 0 atom stereocenters. The van der Waals surface area contributed by atoms with E-state index in [1.54, 1.807) is 6.20 Å². The summed E-state index contributed by atoms with van der Waals surface area (Å²) in [4.78, 5) is 25.4. The molecule has 1 radical (unpaired) electrons. The molecule has 1 fully saturated rings. The van der Waals surface area contributed by atoms with Crippen molar-refractivity contribution >= 4 is 41.8 Å². The van der Waals surface area contributed by atoms with Gasteiger partial charge in [-0.15, -0.1) is 0 Å². The van der Waals surface area contributed by atoms with Crippen LogP contribution in [0, 0.1) is 0 Å². The van der Waals surface area contributed by atoms with Crippen LogP contribution >= 0.6 is 0 Å². The van der Waals surface area contributed by atoms with E-state index in [9.17, 15) is 4.79 Å². The van der Waals surface area contributed by atoms with Gasteiger partial charge in [0, 0.05) is 49.7 Å². The van der Waals surface area contributed by atoms with Gasteiger partial charge in [0.2, 0.25) is 5.95 Å². The van der Waals surface area contributed by atoms with Gasteiger partial charge in [0.15, 0.2) is 5.65 Å². The number of rotatable bonds is 2. The average molecular weight is 237 g/mol. The van der Waals surface area contributed by atoms with Crippen LogP contribution in [-0.4, -0.2) is 58.0 Å². The van der Waals surface area contributed by atoms with Crippen LogP contribution < -0.4 is 4.90 Å². The van der Waals surface area contributed by atoms with Gasteiger partial charge >= 0.3 is 5.97 Å². The van der Waals surface area contributed by atoms with Crippen LogP contribution in [0.25, 0.3) is 11.0 Å². The summed E-state index contributed by atoms with van der Waals surface area (Å²) in [6, 6.07) is 1.53. The number of hydrogen-bond donors (Lipinski definition) is 1. The van der Waals surface area contributed by atoms with Gasteiger partial charge in [-0.1, -0.05) is 0 Å². The van der Waals surface area contributed by atoms with Gasteiger partial charge in [0.1, 0.15) is 0 Å². The fraction of sp³-hybridized carbons (Fsp3) is 0.273. The molecule has 1 N–H and O–H groups in total. The first kappa shape index (κ1) is 12.8. The van der Waals surface area contributed by atoms with Gasteiger partial charge in [-0.2, -0.15) is 4.98 Å². The molecular weight excluding hydrogens is 227 g/mol. The molecule has 6 nitrogen and oxygen atoms in total. The fourth-order valence-corrected chi connectivity index (χ4v) is 1.70. The largest absolute Gasteiger partial charge is 0.478 e. The Hall–Kier alpha value is -1.64. The van der Waals surface area contributed by atoms with Crippen molar-refractivity contribution in [3.05, 3.63) is 24.0 Å². The molecule has 3 rings (SSSR count). The molecule has 2 aromatic heterocycles. The number of fused-ring (bicyclic) bond motifs is 1. The summed E-state index contributed by atoms with van der Waals surface area (Å²) >= 11 is 0. The van der Waals surface area contributed by atoms with Crippen LogP contribution in [0.4, 0.5) is 5.95 Å². The molecule has 0 amide bonds. The Kier molecular flexibility index (Phi) is 3.50. The van der Waals surface area contributed by atoms with Gasteiger partial charge in [-0.3, -0.25) is 0 Å². The first-order valence-electron chi connectivity index (χ1n) is 5.35. The van der Waals surface area contributed by atoms with Crippen LogP contribution in [0.1, 0.15) is 16.8 Å². The SMILES string of the molecule is O=C(O)c1cnc2nc(N3CCC3)ncc2c1.[Li]. The summed E-state index contributed by atoms with van der Waals surface area (Å²) in [7, 11) is 0. The molecule has 7 heteroatoms. The standard InChI is InChI=1S/C11H10N4O2.Li/c16-10(17)8-4-7-5-13-11(15-2-1-3-15)14-9(7)12-6-8;/h4-6H,1-3H2,(H,16,17);. The van der Waals surface area contributed by atoms with Crippen molar-refractivity contribution in [3.63, 3.8) is 0 Å². The summed E-state index contributed by atoms with van der Waals surface area (Å²) in [6.45, 7) is 1.94. The van der Waals surface area contributed by atoms with Crippen LogP contribution in [-0.2, 0) is 0 Å². The predicted molar refractivity (Wildman–Crippen MR) is 66.9 cm³/mol. The number of hydrogen-bond acceptors (Lipinski definition) is 5. The number of carboxylic acids is 1. The van der Waals surface area contributed by atoms with Crippen molar-refractivity contribution in [2.75, 3.05) is 18.0 Å². The molecule has 87 valence electrons. The fourth-order valence-electron chi connectivity index (χ4n) is 1.70. The molecule has 0 saturated carbocycles. The Balaban J connectivity index is 0.00000120. The predicted octanol–water partition coefficient (Wildman–Crippen LogP) is 0.552. The van der Waals surface area contributed by atoms with Gasteiger partial charge in [0.25, 0.3) is 0 Å². The molecule has 0 aromatic carbocycles. The molecule has 1 saturated heterocycles. The molecule has 0 aliphatic carbocycles. The number of pyridine rings is 1. The number of nitrogens with zero attached hydrogens (tertiary/aromatic N) is 4. The van der Waals surface area contributed by atoms with Crippen molar-refractivity contribution < 1.29 is 9.90 Å². The maximum atomic E-state index is 10.8. The second kappa shape index (κ2) is 4.92. The maximum absolute atomic E-state index is 10.8. The van der Waals surface area contributed by atoms with E-state index in [0.29, 0.717) is 17.0 Å². The van der Waals surface area contributed by atoms with Gasteiger partial charge < -0.3 is 10.0 Å². The third kappa shape index (κ3) is 2.17. The van der Waals surface area contributed by atoms with E-state index in [2.05, 4.69) is 19.9 Å². The third-order valence-electron chi connectivity index (χ3n) is 2.81. The quantitative estimate of drug-likeness (QED) is 0.768. The topological polar surface area (TPSA) is 79.2 Å². The minimum Gasteiger partial charge on any atom is -0.478 e. The Labute approximate surface area is 115 Å². The summed E-state index contributed by atoms with van der Waals surface area (Å²) < 4.78 is 0. The Morgan fingerprint density at radius 1 is 1.28 bits per heavy atom. The van der Waals surface area contributed by atoms with E-state index in [0.717, 1.165) is 19.5 Å². The zero-order valence-electron chi connectivity index (χ0n) is 10.00. The summed E-state index contributed by atoms with van der Waals surface area (Å²) in [5.74, 6) is -0.328. The summed E-state index contributed by atoms with van der Waals surface area (Å²) in [5, 5.41) is 9.49. The zero-order valence-corrected chi connectivity index (χ0v) is 10.00. The van der Waals surface area contributed by atoms with E-state index in [-0.39, 0.29) is 24.4 Å². The van der Waals surface area contributed by atoms with Crippen molar-refractivity contribution in [3.8, 4) is 0 Å². The van der Waals surface area contributed by atoms with Crippen molar-refractivity contribution in [1.29, 1.82) is 0 Å². The minimum absolute atomic E-state index is 0. The number of aromatic nitrogens is 3. The second-order valence-corrected chi connectivity index (χ2v) is 3.95. The smallest absolute Gasteiger partial charge is 0.337 e. The number of carboxylic acid groups (broad SMARTS) is 1. The van der Waals surface area contributed by atoms with Crippen molar-refractivity contribution in [1.82, 2.24) is 15.0 Å². The maximum Gasteiger partial charge on any atom is 0.337 e. The van der Waals surface area contributed by atoms with Gasteiger partial charge in [-0.05, 0) is 12.5 Å². The van der Waals surface area contributed by atoms with E-state index in [1.165, 1.54) is 12.3 Å². The molecule has 3 heterocycles. The molecule has 0 bridgehead atoms. The molecule has 18 heavy (non-hydrogen) atoms.